The summed E-state index contributed by atoms with van der Waals surface area (Å²) in [6, 6.07) is 31.4. The molecule has 1 aromatic heterocycles. The predicted octanol–water partition coefficient (Wildman–Crippen LogP) is 8.13. The van der Waals surface area contributed by atoms with Crippen molar-refractivity contribution in [3.63, 3.8) is 0 Å². The van der Waals surface area contributed by atoms with Crippen molar-refractivity contribution in [2.45, 2.75) is 81.4 Å². The number of thioether (sulfide) groups is 1. The lowest BCUT2D eigenvalue weighted by atomic mass is 9.97. The number of hydrogen-bond donors (Lipinski definition) is 4. The molecule has 0 aliphatic carbocycles. The number of hydrogen-bond acceptors (Lipinski definition) is 10. The van der Waals surface area contributed by atoms with Crippen LogP contribution in [0, 0.1) is 6.92 Å². The third-order valence-corrected chi connectivity index (χ3v) is 11.1. The second-order valence-electron chi connectivity index (χ2n) is 13.0. The Morgan fingerprint density at radius 3 is 2.32 bits per heavy atom. The molecule has 0 spiro atoms. The molecule has 53 heavy (non-hydrogen) atoms. The summed E-state index contributed by atoms with van der Waals surface area (Å²) in [5, 5.41) is 24.8. The van der Waals surface area contributed by atoms with E-state index in [-0.39, 0.29) is 30.6 Å². The fourth-order valence-corrected chi connectivity index (χ4v) is 8.01. The highest BCUT2D eigenvalue weighted by Crippen LogP contribution is 2.40. The Hall–Kier alpha value is -4.59. The van der Waals surface area contributed by atoms with E-state index < -0.39 is 6.29 Å². The first-order valence-corrected chi connectivity index (χ1v) is 19.7. The minimum Gasteiger partial charge on any atom is -0.397 e. The maximum atomic E-state index is 12.7. The molecule has 1 aliphatic rings. The molecule has 5 aromatic rings. The summed E-state index contributed by atoms with van der Waals surface area (Å²) in [7, 11) is 0. The lowest BCUT2D eigenvalue weighted by Crippen LogP contribution is -2.31. The van der Waals surface area contributed by atoms with Crippen LogP contribution in [0.3, 0.4) is 0 Å². The fourth-order valence-electron chi connectivity index (χ4n) is 6.15. The summed E-state index contributed by atoms with van der Waals surface area (Å²) < 4.78 is 14.0. The standard InChI is InChI=1S/C41H45N5O5S2/c1-27-45-46-41(53-27)52-26-33-23-37(30-17-15-28(25-47)16-18-30)51-40(50-33)31-21-19-29(20-22-31)34-10-6-5-9-32(34)24-43-38(48)13-3-2-4-14-39(49)44-36-12-8-7-11-35(36)42/h5-12,15-22,33,37,40,47H,2-4,13-14,23-26,42H2,1H3,(H,43,48)(H,44,49). The maximum absolute atomic E-state index is 12.7. The van der Waals surface area contributed by atoms with Gasteiger partial charge in [0.1, 0.15) is 5.01 Å². The zero-order chi connectivity index (χ0) is 37.0. The van der Waals surface area contributed by atoms with Crippen LogP contribution in [-0.2, 0) is 32.2 Å². The number of aryl methyl sites for hydroxylation is 1. The van der Waals surface area contributed by atoms with Gasteiger partial charge in [0.15, 0.2) is 10.6 Å². The van der Waals surface area contributed by atoms with Gasteiger partial charge in [-0.2, -0.15) is 0 Å². The van der Waals surface area contributed by atoms with Gasteiger partial charge in [0.05, 0.1) is 30.2 Å². The van der Waals surface area contributed by atoms with Crippen LogP contribution in [0.1, 0.15) is 78.2 Å². The van der Waals surface area contributed by atoms with E-state index in [0.29, 0.717) is 50.0 Å². The molecule has 1 saturated heterocycles. The van der Waals surface area contributed by atoms with E-state index in [1.165, 1.54) is 0 Å². The van der Waals surface area contributed by atoms with E-state index in [2.05, 4.69) is 39.0 Å². The minimum atomic E-state index is -0.561. The zero-order valence-electron chi connectivity index (χ0n) is 29.7. The number of anilines is 2. The second-order valence-corrected chi connectivity index (χ2v) is 15.4. The molecule has 1 aliphatic heterocycles. The number of aromatic nitrogens is 2. The lowest BCUT2D eigenvalue weighted by Gasteiger charge is -2.36. The highest BCUT2D eigenvalue weighted by Gasteiger charge is 2.32. The monoisotopic (exact) mass is 751 g/mol. The third-order valence-electron chi connectivity index (χ3n) is 9.04. The van der Waals surface area contributed by atoms with Crippen LogP contribution >= 0.6 is 23.1 Å². The Bertz CT molecular complexity index is 1950. The van der Waals surface area contributed by atoms with Gasteiger partial charge >= 0.3 is 0 Å². The number of nitrogens with zero attached hydrogens (tertiary/aromatic N) is 2. The van der Waals surface area contributed by atoms with Gasteiger partial charge in [-0.05, 0) is 59.7 Å². The van der Waals surface area contributed by atoms with Gasteiger partial charge in [-0.1, -0.05) is 114 Å². The first-order valence-electron chi connectivity index (χ1n) is 17.9. The highest BCUT2D eigenvalue weighted by atomic mass is 32.2. The number of carbonyl (C=O) groups excluding carboxylic acids is 2. The van der Waals surface area contributed by atoms with Crippen molar-refractivity contribution in [3.05, 3.63) is 124 Å². The van der Waals surface area contributed by atoms with Crippen molar-refractivity contribution in [1.29, 1.82) is 0 Å². The molecule has 5 N–H and O–H groups in total. The normalized spacial score (nSPS) is 17.0. The first kappa shape index (κ1) is 38.1. The van der Waals surface area contributed by atoms with E-state index in [9.17, 15) is 14.7 Å². The molecule has 0 saturated carbocycles. The molecule has 2 amide bonds. The molecule has 3 unspecified atom stereocenters. The molecule has 10 nitrogen and oxygen atoms in total. The Morgan fingerprint density at radius 1 is 0.868 bits per heavy atom. The third kappa shape index (κ3) is 11.0. The Kier molecular flexibility index (Phi) is 13.6. The van der Waals surface area contributed by atoms with Crippen LogP contribution < -0.4 is 16.4 Å². The van der Waals surface area contributed by atoms with Gasteiger partial charge in [0.25, 0.3) is 0 Å². The van der Waals surface area contributed by atoms with Crippen molar-refractivity contribution in [1.82, 2.24) is 15.5 Å². The van der Waals surface area contributed by atoms with Crippen molar-refractivity contribution in [2.24, 2.45) is 0 Å². The molecule has 276 valence electrons. The number of nitrogens with one attached hydrogen (secondary N) is 2. The van der Waals surface area contributed by atoms with E-state index in [0.717, 1.165) is 54.9 Å². The van der Waals surface area contributed by atoms with Gasteiger partial charge < -0.3 is 30.9 Å². The molecule has 3 atom stereocenters. The first-order chi connectivity index (χ1) is 25.8. The van der Waals surface area contributed by atoms with Crippen LogP contribution in [0.15, 0.2) is 101 Å². The van der Waals surface area contributed by atoms with E-state index in [1.54, 1.807) is 35.2 Å². The number of aliphatic hydroxyl groups is 1. The molecular formula is C41H45N5O5S2. The number of nitrogen functional groups attached to an aromatic ring is 1. The Morgan fingerprint density at radius 2 is 1.58 bits per heavy atom. The minimum absolute atomic E-state index is 0.00448. The molecule has 12 heteroatoms. The predicted molar refractivity (Wildman–Crippen MR) is 210 cm³/mol. The summed E-state index contributed by atoms with van der Waals surface area (Å²) in [5.41, 5.74) is 13.0. The molecule has 0 bridgehead atoms. The van der Waals surface area contributed by atoms with Crippen LogP contribution in [0.2, 0.25) is 0 Å². The quantitative estimate of drug-likeness (QED) is 0.0446. The highest BCUT2D eigenvalue weighted by molar-refractivity contribution is 8.01. The number of para-hydroxylation sites is 2. The van der Waals surface area contributed by atoms with Crippen LogP contribution in [0.5, 0.6) is 0 Å². The number of benzene rings is 4. The number of ether oxygens (including phenoxy) is 2. The summed E-state index contributed by atoms with van der Waals surface area (Å²) in [5.74, 6) is 0.625. The smallest absolute Gasteiger partial charge is 0.224 e. The van der Waals surface area contributed by atoms with Gasteiger partial charge in [0.2, 0.25) is 11.8 Å². The summed E-state index contributed by atoms with van der Waals surface area (Å²) >= 11 is 3.23. The number of aliphatic hydroxyl groups excluding tert-OH is 1. The molecule has 4 aromatic carbocycles. The van der Waals surface area contributed by atoms with E-state index in [4.69, 9.17) is 15.2 Å². The average Bonchev–Trinajstić information content (AvgIpc) is 3.61. The number of amides is 2. The molecular weight excluding hydrogens is 707 g/mol. The molecule has 6 rings (SSSR count). The number of unbranched alkanes of at least 4 members (excludes halogenated alkanes) is 2. The van der Waals surface area contributed by atoms with Gasteiger partial charge in [0, 0.05) is 37.1 Å². The van der Waals surface area contributed by atoms with Gasteiger partial charge in [-0.3, -0.25) is 9.59 Å². The van der Waals surface area contributed by atoms with Crippen LogP contribution in [0.25, 0.3) is 11.1 Å². The van der Waals surface area contributed by atoms with Crippen molar-refractivity contribution >= 4 is 46.3 Å². The van der Waals surface area contributed by atoms with E-state index >= 15 is 0 Å². The number of nitrogens with two attached hydrogens (primary N) is 1. The summed E-state index contributed by atoms with van der Waals surface area (Å²) in [6.07, 6.45) is 2.85. The van der Waals surface area contributed by atoms with Crippen molar-refractivity contribution in [3.8, 4) is 11.1 Å². The van der Waals surface area contributed by atoms with Gasteiger partial charge in [-0.15, -0.1) is 10.2 Å². The van der Waals surface area contributed by atoms with Crippen LogP contribution in [0.4, 0.5) is 11.4 Å². The van der Waals surface area contributed by atoms with Gasteiger partial charge in [-0.25, -0.2) is 0 Å². The lowest BCUT2D eigenvalue weighted by molar-refractivity contribution is -0.245. The Balaban J connectivity index is 1.02. The average molecular weight is 752 g/mol. The maximum Gasteiger partial charge on any atom is 0.224 e. The summed E-state index contributed by atoms with van der Waals surface area (Å²) in [6.45, 7) is 2.36. The fraction of sp³-hybridized carbons (Fsp3) is 0.317. The van der Waals surface area contributed by atoms with Crippen molar-refractivity contribution < 1.29 is 24.2 Å². The number of carbonyl (C=O) groups is 2. The Labute approximate surface area is 318 Å². The van der Waals surface area contributed by atoms with Crippen LogP contribution in [-0.4, -0.2) is 39.0 Å². The molecule has 2 heterocycles. The topological polar surface area (TPSA) is 149 Å². The van der Waals surface area contributed by atoms with Crippen molar-refractivity contribution in [2.75, 3.05) is 16.8 Å². The van der Waals surface area contributed by atoms with E-state index in [1.807, 2.05) is 73.7 Å². The largest absolute Gasteiger partial charge is 0.397 e. The summed E-state index contributed by atoms with van der Waals surface area (Å²) in [4.78, 5) is 25.0. The second kappa shape index (κ2) is 18.9. The molecule has 1 fully saturated rings. The zero-order valence-corrected chi connectivity index (χ0v) is 31.3. The number of rotatable bonds is 16. The SMILES string of the molecule is Cc1nnc(SCC2CC(c3ccc(CO)cc3)OC(c3ccc(-c4ccccc4CNC(=O)CCCCCC(=O)Nc4ccccc4N)cc3)O2)s1. The molecule has 0 radical (unpaired) electrons.